The lowest BCUT2D eigenvalue weighted by Gasteiger charge is -2.06. The maximum absolute atomic E-state index is 5.98. The fraction of sp³-hybridized carbons (Fsp3) is 0.278. The number of ether oxygens (including phenoxy) is 1. The van der Waals surface area contributed by atoms with Crippen molar-refractivity contribution in [2.45, 2.75) is 24.9 Å². The average molecular weight is 347 g/mol. The molecule has 3 nitrogen and oxygen atoms in total. The zero-order valence-corrected chi connectivity index (χ0v) is 14.6. The van der Waals surface area contributed by atoms with Gasteiger partial charge in [0, 0.05) is 10.8 Å². The minimum absolute atomic E-state index is 0.713. The van der Waals surface area contributed by atoms with Crippen LogP contribution in [0.2, 0.25) is 5.02 Å². The molecule has 0 aliphatic heterocycles. The highest BCUT2D eigenvalue weighted by atomic mass is 35.5. The van der Waals surface area contributed by atoms with E-state index in [9.17, 15) is 0 Å². The van der Waals surface area contributed by atoms with Crippen LogP contribution < -0.4 is 4.74 Å². The molecule has 0 unspecified atom stereocenters. The molecule has 0 amide bonds. The van der Waals surface area contributed by atoms with Gasteiger partial charge in [0.2, 0.25) is 0 Å². The quantitative estimate of drug-likeness (QED) is 0.463. The van der Waals surface area contributed by atoms with Gasteiger partial charge in [-0.3, -0.25) is 0 Å². The van der Waals surface area contributed by atoms with E-state index in [-0.39, 0.29) is 0 Å². The molecule has 0 saturated carbocycles. The first-order chi connectivity index (χ1) is 11.2. The van der Waals surface area contributed by atoms with E-state index >= 15 is 0 Å². The molecule has 0 saturated heterocycles. The van der Waals surface area contributed by atoms with Crippen LogP contribution in [0, 0.1) is 0 Å². The van der Waals surface area contributed by atoms with Gasteiger partial charge in [-0.25, -0.2) is 4.98 Å². The summed E-state index contributed by atoms with van der Waals surface area (Å²) in [6, 6.07) is 14.0. The van der Waals surface area contributed by atoms with E-state index in [0.717, 1.165) is 45.6 Å². The second-order valence-corrected chi connectivity index (χ2v) is 6.77. The smallest absolute Gasteiger partial charge is 0.166 e. The molecular formula is C18H19ClN2OS. The second kappa shape index (κ2) is 7.75. The van der Waals surface area contributed by atoms with Gasteiger partial charge in [-0.2, -0.15) is 0 Å². The highest BCUT2D eigenvalue weighted by Gasteiger charge is 2.04. The molecule has 0 radical (unpaired) electrons. The van der Waals surface area contributed by atoms with Crippen molar-refractivity contribution in [3.05, 3.63) is 53.1 Å². The lowest BCUT2D eigenvalue weighted by atomic mass is 10.2. The molecule has 1 heterocycles. The highest BCUT2D eigenvalue weighted by molar-refractivity contribution is 7.99. The molecule has 23 heavy (non-hydrogen) atoms. The Morgan fingerprint density at radius 1 is 1.17 bits per heavy atom. The van der Waals surface area contributed by atoms with E-state index in [1.807, 2.05) is 30.3 Å². The van der Waals surface area contributed by atoms with Crippen LogP contribution >= 0.6 is 23.4 Å². The first-order valence-electron chi connectivity index (χ1n) is 7.74. The van der Waals surface area contributed by atoms with E-state index in [2.05, 4.69) is 29.0 Å². The lowest BCUT2D eigenvalue weighted by molar-refractivity contribution is 0.318. The van der Waals surface area contributed by atoms with Gasteiger partial charge >= 0.3 is 0 Å². The summed E-state index contributed by atoms with van der Waals surface area (Å²) in [6.45, 7) is 2.86. The van der Waals surface area contributed by atoms with E-state index < -0.39 is 0 Å². The third-order valence-electron chi connectivity index (χ3n) is 3.55. The molecule has 0 fully saturated rings. The molecular weight excluding hydrogens is 328 g/mol. The molecule has 3 rings (SSSR count). The van der Waals surface area contributed by atoms with Gasteiger partial charge in [-0.05, 0) is 48.7 Å². The number of nitrogens with zero attached hydrogens (tertiary/aromatic N) is 1. The van der Waals surface area contributed by atoms with Gasteiger partial charge in [0.05, 0.1) is 17.6 Å². The third kappa shape index (κ3) is 4.43. The van der Waals surface area contributed by atoms with Crippen molar-refractivity contribution >= 4 is 34.4 Å². The molecule has 0 aliphatic carbocycles. The number of fused-ring (bicyclic) bond motifs is 1. The largest absolute Gasteiger partial charge is 0.494 e. The van der Waals surface area contributed by atoms with Gasteiger partial charge in [-0.1, -0.05) is 42.4 Å². The monoisotopic (exact) mass is 346 g/mol. The number of hydrogen-bond acceptors (Lipinski definition) is 3. The van der Waals surface area contributed by atoms with Crippen LogP contribution in [0.15, 0.2) is 47.6 Å². The zero-order valence-electron chi connectivity index (χ0n) is 13.0. The number of benzene rings is 2. The Balaban J connectivity index is 1.43. The van der Waals surface area contributed by atoms with E-state index in [0.29, 0.717) is 6.61 Å². The average Bonchev–Trinajstić information content (AvgIpc) is 2.97. The predicted octanol–water partition coefficient (Wildman–Crippen LogP) is 5.34. The summed E-state index contributed by atoms with van der Waals surface area (Å²) in [5, 5.41) is 1.65. The number of aryl methyl sites for hydroxylation is 1. The second-order valence-electron chi connectivity index (χ2n) is 5.25. The minimum atomic E-state index is 0.713. The van der Waals surface area contributed by atoms with Gasteiger partial charge in [0.1, 0.15) is 5.75 Å². The van der Waals surface area contributed by atoms with Crippen LogP contribution in [0.5, 0.6) is 5.75 Å². The number of halogens is 1. The Hall–Kier alpha value is -1.65. The molecule has 1 aromatic heterocycles. The number of imidazole rings is 1. The summed E-state index contributed by atoms with van der Waals surface area (Å²) in [5.74, 6) is 1.89. The van der Waals surface area contributed by atoms with Crippen molar-refractivity contribution in [2.24, 2.45) is 0 Å². The van der Waals surface area contributed by atoms with Gasteiger partial charge < -0.3 is 9.72 Å². The number of hydrogen-bond donors (Lipinski definition) is 1. The van der Waals surface area contributed by atoms with Crippen molar-refractivity contribution in [3.63, 3.8) is 0 Å². The Morgan fingerprint density at radius 3 is 2.78 bits per heavy atom. The van der Waals surface area contributed by atoms with E-state index in [1.54, 1.807) is 11.8 Å². The van der Waals surface area contributed by atoms with Crippen molar-refractivity contribution in [2.75, 3.05) is 12.4 Å². The number of nitrogens with one attached hydrogen (secondary N) is 1. The van der Waals surface area contributed by atoms with Crippen LogP contribution in [0.1, 0.15) is 18.9 Å². The summed E-state index contributed by atoms with van der Waals surface area (Å²) in [6.07, 6.45) is 2.03. The van der Waals surface area contributed by atoms with Crippen LogP contribution in [0.25, 0.3) is 11.0 Å². The maximum atomic E-state index is 5.98. The fourth-order valence-electron chi connectivity index (χ4n) is 2.27. The summed E-state index contributed by atoms with van der Waals surface area (Å²) in [4.78, 5) is 7.82. The summed E-state index contributed by atoms with van der Waals surface area (Å²) < 4.78 is 5.76. The predicted molar refractivity (Wildman–Crippen MR) is 97.8 cm³/mol. The molecule has 3 aromatic rings. The van der Waals surface area contributed by atoms with Crippen molar-refractivity contribution in [3.8, 4) is 5.75 Å². The van der Waals surface area contributed by atoms with Crippen LogP contribution in [-0.2, 0) is 6.42 Å². The highest BCUT2D eigenvalue weighted by Crippen LogP contribution is 2.22. The first kappa shape index (κ1) is 16.2. The topological polar surface area (TPSA) is 37.9 Å². The Bertz CT molecular complexity index is 770. The number of aromatic nitrogens is 2. The molecule has 0 spiro atoms. The molecule has 0 aliphatic rings. The Kier molecular flexibility index (Phi) is 5.47. The standard InChI is InChI=1S/C18H19ClN2OS/c1-2-13-4-7-15(8-5-13)22-10-3-11-23-18-20-16-9-6-14(19)12-17(16)21-18/h4-9,12H,2-3,10-11H2,1H3,(H,20,21). The molecule has 1 N–H and O–H groups in total. The lowest BCUT2D eigenvalue weighted by Crippen LogP contribution is -1.98. The van der Waals surface area contributed by atoms with E-state index in [4.69, 9.17) is 16.3 Å². The minimum Gasteiger partial charge on any atom is -0.494 e. The number of rotatable bonds is 7. The molecule has 0 bridgehead atoms. The fourth-order valence-corrected chi connectivity index (χ4v) is 3.24. The summed E-state index contributed by atoms with van der Waals surface area (Å²) >= 11 is 7.68. The zero-order chi connectivity index (χ0) is 16.1. The maximum Gasteiger partial charge on any atom is 0.166 e. The van der Waals surface area contributed by atoms with Crippen LogP contribution in [0.3, 0.4) is 0 Å². The molecule has 0 atom stereocenters. The number of aromatic amines is 1. The summed E-state index contributed by atoms with van der Waals surface area (Å²) in [7, 11) is 0. The normalized spacial score (nSPS) is 11.0. The Labute approximate surface area is 145 Å². The van der Waals surface area contributed by atoms with Crippen LogP contribution in [0.4, 0.5) is 0 Å². The van der Waals surface area contributed by atoms with Crippen LogP contribution in [-0.4, -0.2) is 22.3 Å². The van der Waals surface area contributed by atoms with Gasteiger partial charge in [-0.15, -0.1) is 0 Å². The Morgan fingerprint density at radius 2 is 2.00 bits per heavy atom. The van der Waals surface area contributed by atoms with Crippen molar-refractivity contribution in [1.29, 1.82) is 0 Å². The summed E-state index contributed by atoms with van der Waals surface area (Å²) in [5.41, 5.74) is 3.26. The number of thioether (sulfide) groups is 1. The SMILES string of the molecule is CCc1ccc(OCCCSc2nc3ccc(Cl)cc3[nH]2)cc1. The number of H-pyrrole nitrogens is 1. The molecule has 120 valence electrons. The van der Waals surface area contributed by atoms with Crippen molar-refractivity contribution < 1.29 is 4.74 Å². The van der Waals surface area contributed by atoms with E-state index in [1.165, 1.54) is 5.56 Å². The molecule has 2 aromatic carbocycles. The van der Waals surface area contributed by atoms with Crippen molar-refractivity contribution in [1.82, 2.24) is 9.97 Å². The van der Waals surface area contributed by atoms with Gasteiger partial charge in [0.25, 0.3) is 0 Å². The first-order valence-corrected chi connectivity index (χ1v) is 9.11. The third-order valence-corrected chi connectivity index (χ3v) is 4.74. The molecule has 5 heteroatoms. The van der Waals surface area contributed by atoms with Gasteiger partial charge in [0.15, 0.2) is 5.16 Å².